The van der Waals surface area contributed by atoms with Crippen LogP contribution in [0, 0.1) is 0 Å². The van der Waals surface area contributed by atoms with Gasteiger partial charge in [0, 0.05) is 5.56 Å². The maximum absolute atomic E-state index is 11.5. The molecule has 0 aliphatic carbocycles. The number of carbonyl (C=O) groups excluding carboxylic acids is 1. The Hall–Kier alpha value is -0.140. The Kier molecular flexibility index (Phi) is 7.98. The van der Waals surface area contributed by atoms with E-state index in [1.54, 1.807) is 25.1 Å². The Labute approximate surface area is 134 Å². The number of benzene rings is 1. The standard InChI is InChI=1S/C10H13NO4S.Ca.2H/c1-2-8-15-16(13,14)11-10(12)9-6-4-3-5-7-9;;;/h3-7H,2,8H2,1H3,(H,11,12);;;/q;+2;2*-1. The van der Waals surface area contributed by atoms with Gasteiger partial charge >= 0.3 is 48.0 Å². The number of hydrogen-bond donors (Lipinski definition) is 1. The van der Waals surface area contributed by atoms with Gasteiger partial charge in [0.05, 0.1) is 6.61 Å². The van der Waals surface area contributed by atoms with Crippen LogP contribution in [-0.4, -0.2) is 58.7 Å². The molecule has 7 heteroatoms. The fourth-order valence-corrected chi connectivity index (χ4v) is 1.77. The van der Waals surface area contributed by atoms with Crippen LogP contribution < -0.4 is 4.72 Å². The third-order valence-corrected chi connectivity index (χ3v) is 2.61. The monoisotopic (exact) mass is 285 g/mol. The summed E-state index contributed by atoms with van der Waals surface area (Å²) in [6, 6.07) is 8.07. The van der Waals surface area contributed by atoms with E-state index in [9.17, 15) is 13.2 Å². The van der Waals surface area contributed by atoms with Crippen molar-refractivity contribution in [2.45, 2.75) is 13.3 Å². The average molecular weight is 285 g/mol. The van der Waals surface area contributed by atoms with Gasteiger partial charge in [0.15, 0.2) is 0 Å². The van der Waals surface area contributed by atoms with Gasteiger partial charge in [-0.05, 0) is 18.6 Å². The van der Waals surface area contributed by atoms with Crippen LogP contribution in [0.5, 0.6) is 0 Å². The van der Waals surface area contributed by atoms with Gasteiger partial charge in [-0.2, -0.15) is 8.42 Å². The summed E-state index contributed by atoms with van der Waals surface area (Å²) in [6.45, 7) is 1.83. The van der Waals surface area contributed by atoms with E-state index in [0.717, 1.165) is 0 Å². The predicted molar refractivity (Wildman–Crippen MR) is 67.0 cm³/mol. The summed E-state index contributed by atoms with van der Waals surface area (Å²) >= 11 is 0. The first kappa shape index (κ1) is 16.9. The first-order valence-electron chi connectivity index (χ1n) is 4.81. The number of carbonyl (C=O) groups is 1. The summed E-state index contributed by atoms with van der Waals surface area (Å²) in [5, 5.41) is 0. The zero-order valence-electron chi connectivity index (χ0n) is 11.5. The molecular formula is C10H15CaNO4S. The van der Waals surface area contributed by atoms with E-state index in [2.05, 4.69) is 4.18 Å². The van der Waals surface area contributed by atoms with Gasteiger partial charge in [-0.3, -0.25) is 8.98 Å². The minimum absolute atomic E-state index is 0. The number of rotatable bonds is 5. The van der Waals surface area contributed by atoms with Crippen LogP contribution in [0.2, 0.25) is 0 Å². The summed E-state index contributed by atoms with van der Waals surface area (Å²) in [5.74, 6) is -0.697. The van der Waals surface area contributed by atoms with Crippen molar-refractivity contribution in [1.82, 2.24) is 4.72 Å². The Morgan fingerprint density at radius 2 is 1.94 bits per heavy atom. The minimum atomic E-state index is -3.99. The molecule has 0 aliphatic rings. The maximum atomic E-state index is 11.5. The van der Waals surface area contributed by atoms with E-state index >= 15 is 0 Å². The van der Waals surface area contributed by atoms with Crippen LogP contribution in [0.4, 0.5) is 0 Å². The van der Waals surface area contributed by atoms with E-state index in [1.165, 1.54) is 12.1 Å². The molecule has 0 spiro atoms. The average Bonchev–Trinajstić information content (AvgIpc) is 2.27. The van der Waals surface area contributed by atoms with Crippen molar-refractivity contribution >= 4 is 53.9 Å². The molecule has 0 aliphatic heterocycles. The molecule has 0 aromatic heterocycles. The molecule has 0 fully saturated rings. The fourth-order valence-electron chi connectivity index (χ4n) is 0.984. The Bertz CT molecular complexity index is 456. The van der Waals surface area contributed by atoms with Crippen molar-refractivity contribution in [3.05, 3.63) is 35.9 Å². The molecule has 0 saturated heterocycles. The van der Waals surface area contributed by atoms with Crippen molar-refractivity contribution in [2.75, 3.05) is 6.61 Å². The molecule has 92 valence electrons. The number of hydrogen-bond acceptors (Lipinski definition) is 4. The van der Waals surface area contributed by atoms with Crippen LogP contribution in [0.1, 0.15) is 26.6 Å². The molecule has 0 radical (unpaired) electrons. The summed E-state index contributed by atoms with van der Waals surface area (Å²) in [5.41, 5.74) is 0.270. The number of amides is 1. The van der Waals surface area contributed by atoms with E-state index in [0.29, 0.717) is 6.42 Å². The molecule has 1 rings (SSSR count). The van der Waals surface area contributed by atoms with Gasteiger partial charge in [-0.15, -0.1) is 0 Å². The molecular weight excluding hydrogens is 270 g/mol. The summed E-state index contributed by atoms with van der Waals surface area (Å²) in [6.07, 6.45) is 0.556. The van der Waals surface area contributed by atoms with Gasteiger partial charge < -0.3 is 2.85 Å². The summed E-state index contributed by atoms with van der Waals surface area (Å²) in [7, 11) is -3.99. The molecule has 0 atom stereocenters. The molecule has 0 heterocycles. The zero-order chi connectivity index (χ0) is 12.0. The van der Waals surface area contributed by atoms with Crippen LogP contribution in [0.25, 0.3) is 0 Å². The minimum Gasteiger partial charge on any atom is -1.00 e. The van der Waals surface area contributed by atoms with Crippen molar-refractivity contribution in [3.63, 3.8) is 0 Å². The van der Waals surface area contributed by atoms with Gasteiger partial charge in [-0.25, -0.2) is 4.72 Å². The van der Waals surface area contributed by atoms with E-state index in [4.69, 9.17) is 0 Å². The Balaban J connectivity index is -0.000000853. The van der Waals surface area contributed by atoms with Crippen molar-refractivity contribution in [2.24, 2.45) is 0 Å². The molecule has 0 bridgehead atoms. The SMILES string of the molecule is CCCOS(=O)(=O)NC(=O)c1ccccc1.[Ca+2].[H-].[H-]. The predicted octanol–water partition coefficient (Wildman–Crippen LogP) is 0.932. The Morgan fingerprint density at radius 1 is 1.35 bits per heavy atom. The quantitative estimate of drug-likeness (QED) is 0.817. The van der Waals surface area contributed by atoms with Gasteiger partial charge in [0.2, 0.25) is 0 Å². The van der Waals surface area contributed by atoms with Gasteiger partial charge in [0.25, 0.3) is 5.91 Å². The number of nitrogens with one attached hydrogen (secondary N) is 1. The van der Waals surface area contributed by atoms with Crippen molar-refractivity contribution in [3.8, 4) is 0 Å². The van der Waals surface area contributed by atoms with Crippen molar-refractivity contribution < 1.29 is 20.2 Å². The van der Waals surface area contributed by atoms with Crippen LogP contribution in [0.15, 0.2) is 30.3 Å². The topological polar surface area (TPSA) is 72.5 Å². The van der Waals surface area contributed by atoms with E-state index in [1.807, 2.05) is 4.72 Å². The molecule has 1 amide bonds. The molecule has 17 heavy (non-hydrogen) atoms. The smallest absolute Gasteiger partial charge is 1.00 e. The first-order chi connectivity index (χ1) is 7.55. The second-order valence-electron chi connectivity index (χ2n) is 3.07. The largest absolute Gasteiger partial charge is 2.00 e. The third kappa shape index (κ3) is 6.38. The molecule has 1 N–H and O–H groups in total. The molecule has 0 saturated carbocycles. The molecule has 1 aromatic rings. The van der Waals surface area contributed by atoms with E-state index in [-0.39, 0.29) is 52.8 Å². The van der Waals surface area contributed by atoms with Crippen LogP contribution in [0.3, 0.4) is 0 Å². The Morgan fingerprint density at radius 3 is 2.47 bits per heavy atom. The molecule has 0 unspecified atom stereocenters. The molecule has 1 aromatic carbocycles. The second kappa shape index (κ2) is 8.05. The zero-order valence-corrected chi connectivity index (χ0v) is 12.6. The normalized spacial score (nSPS) is 10.4. The summed E-state index contributed by atoms with van der Waals surface area (Å²) in [4.78, 5) is 11.5. The summed E-state index contributed by atoms with van der Waals surface area (Å²) < 4.78 is 28.8. The molecule has 5 nitrogen and oxygen atoms in total. The van der Waals surface area contributed by atoms with Crippen molar-refractivity contribution in [1.29, 1.82) is 0 Å². The van der Waals surface area contributed by atoms with Gasteiger partial charge in [-0.1, -0.05) is 25.1 Å². The van der Waals surface area contributed by atoms with Crippen LogP contribution >= 0.6 is 0 Å². The first-order valence-corrected chi connectivity index (χ1v) is 6.22. The second-order valence-corrected chi connectivity index (χ2v) is 4.42. The third-order valence-electron chi connectivity index (χ3n) is 1.70. The van der Waals surface area contributed by atoms with Gasteiger partial charge in [0.1, 0.15) is 0 Å². The van der Waals surface area contributed by atoms with Crippen LogP contribution in [-0.2, 0) is 14.5 Å². The van der Waals surface area contributed by atoms with E-state index < -0.39 is 16.2 Å². The fraction of sp³-hybridized carbons (Fsp3) is 0.300. The maximum Gasteiger partial charge on any atom is 2.00 e.